The van der Waals surface area contributed by atoms with Crippen LogP contribution >= 0.6 is 0 Å². The molecule has 8 heteroatoms. The minimum Gasteiger partial charge on any atom is -0.346 e. The van der Waals surface area contributed by atoms with Gasteiger partial charge in [-0.05, 0) is 62.7 Å². The number of H-pyrrole nitrogens is 1. The molecule has 0 radical (unpaired) electrons. The number of likely N-dealkylation sites (N-methyl/N-ethyl adjacent to an activating group) is 1. The molecule has 178 valence electrons. The van der Waals surface area contributed by atoms with Crippen LogP contribution < -0.4 is 10.9 Å². The number of hydrogen-bond acceptors (Lipinski definition) is 5. The third kappa shape index (κ3) is 5.38. The second-order valence-corrected chi connectivity index (χ2v) is 9.26. The summed E-state index contributed by atoms with van der Waals surface area (Å²) in [4.78, 5) is 38.6. The van der Waals surface area contributed by atoms with Gasteiger partial charge in [-0.2, -0.15) is 0 Å². The number of nitrogens with zero attached hydrogens (tertiary/aromatic N) is 4. The van der Waals surface area contributed by atoms with Gasteiger partial charge in [0.1, 0.15) is 11.5 Å². The number of nitrogens with one attached hydrogen (secondary N) is 2. The zero-order valence-electron chi connectivity index (χ0n) is 19.9. The summed E-state index contributed by atoms with van der Waals surface area (Å²) in [6, 6.07) is 9.30. The standard InChI is InChI=1S/C27H28N6O2/c1-32(2)11-3-4-25(34)31-24-13-19(9-10-28-24)21-12-22-23(15-30-27(22)29-14-21)20-7-8-26(35)33(17-20)16-18-5-6-18/h3-4,7-10,12-15,17-18H,5-6,11,16H2,1-2H3,(H,29,30)(H,28,31,34)/b4-3+. The highest BCUT2D eigenvalue weighted by Gasteiger charge is 2.22. The molecule has 4 heterocycles. The van der Waals surface area contributed by atoms with Crippen molar-refractivity contribution in [2.75, 3.05) is 26.0 Å². The van der Waals surface area contributed by atoms with E-state index in [1.54, 1.807) is 24.5 Å². The summed E-state index contributed by atoms with van der Waals surface area (Å²) >= 11 is 0. The molecule has 2 N–H and O–H groups in total. The Kier molecular flexibility index (Phi) is 6.29. The predicted octanol–water partition coefficient (Wildman–Crippen LogP) is 3.92. The Balaban J connectivity index is 1.42. The second kappa shape index (κ2) is 9.68. The molecule has 0 unspecified atom stereocenters. The lowest BCUT2D eigenvalue weighted by Crippen LogP contribution is -2.19. The van der Waals surface area contributed by atoms with Crippen LogP contribution in [0.15, 0.2) is 72.1 Å². The van der Waals surface area contributed by atoms with E-state index in [0.29, 0.717) is 18.3 Å². The Labute approximate surface area is 203 Å². The summed E-state index contributed by atoms with van der Waals surface area (Å²) in [5, 5.41) is 3.78. The quantitative estimate of drug-likeness (QED) is 0.382. The van der Waals surface area contributed by atoms with Crippen LogP contribution in [-0.2, 0) is 11.3 Å². The molecule has 0 saturated heterocycles. The van der Waals surface area contributed by atoms with E-state index in [1.807, 2.05) is 54.2 Å². The number of carbonyl (C=O) groups is 1. The van der Waals surface area contributed by atoms with Gasteiger partial charge < -0.3 is 19.8 Å². The van der Waals surface area contributed by atoms with Gasteiger partial charge >= 0.3 is 0 Å². The van der Waals surface area contributed by atoms with Gasteiger partial charge in [-0.3, -0.25) is 9.59 Å². The van der Waals surface area contributed by atoms with E-state index in [4.69, 9.17) is 0 Å². The van der Waals surface area contributed by atoms with E-state index < -0.39 is 0 Å². The van der Waals surface area contributed by atoms with E-state index in [2.05, 4.69) is 26.3 Å². The molecule has 1 saturated carbocycles. The first kappa shape index (κ1) is 22.7. The number of rotatable bonds is 8. The predicted molar refractivity (Wildman–Crippen MR) is 138 cm³/mol. The maximum Gasteiger partial charge on any atom is 0.250 e. The molecule has 0 bridgehead atoms. The molecular weight excluding hydrogens is 440 g/mol. The maximum absolute atomic E-state index is 12.3. The molecule has 0 aliphatic heterocycles. The number of carbonyl (C=O) groups excluding carboxylic acids is 1. The highest BCUT2D eigenvalue weighted by atomic mass is 16.1. The van der Waals surface area contributed by atoms with Crippen LogP contribution in [0, 0.1) is 5.92 Å². The van der Waals surface area contributed by atoms with Crippen molar-refractivity contribution in [1.29, 1.82) is 0 Å². The number of anilines is 1. The van der Waals surface area contributed by atoms with Crippen LogP contribution in [0.3, 0.4) is 0 Å². The van der Waals surface area contributed by atoms with Crippen LogP contribution in [0.5, 0.6) is 0 Å². The SMILES string of the molecule is CN(C)C/C=C/C(=O)Nc1cc(-c2cnc3[nH]cc(-c4ccc(=O)n(CC5CC5)c4)c3c2)ccn1. The van der Waals surface area contributed by atoms with Crippen molar-refractivity contribution >= 4 is 22.8 Å². The lowest BCUT2D eigenvalue weighted by Gasteiger charge is -2.08. The molecule has 4 aromatic heterocycles. The molecule has 1 fully saturated rings. The smallest absolute Gasteiger partial charge is 0.250 e. The molecular formula is C27H28N6O2. The minimum atomic E-state index is -0.223. The molecule has 5 rings (SSSR count). The highest BCUT2D eigenvalue weighted by Crippen LogP contribution is 2.33. The number of aromatic nitrogens is 4. The molecule has 0 spiro atoms. The summed E-state index contributed by atoms with van der Waals surface area (Å²) in [5.74, 6) is 0.868. The fourth-order valence-electron chi connectivity index (χ4n) is 4.03. The summed E-state index contributed by atoms with van der Waals surface area (Å²) in [7, 11) is 3.89. The fourth-order valence-corrected chi connectivity index (χ4v) is 4.03. The Bertz CT molecular complexity index is 1460. The molecule has 0 aromatic carbocycles. The topological polar surface area (TPSA) is 95.9 Å². The third-order valence-corrected chi connectivity index (χ3v) is 6.06. The number of aromatic amines is 1. The first-order valence-electron chi connectivity index (χ1n) is 11.7. The van der Waals surface area contributed by atoms with Gasteiger partial charge in [0.05, 0.1) is 0 Å². The third-order valence-electron chi connectivity index (χ3n) is 6.06. The van der Waals surface area contributed by atoms with Crippen LogP contribution in [0.4, 0.5) is 5.82 Å². The van der Waals surface area contributed by atoms with Crippen molar-refractivity contribution in [2.24, 2.45) is 5.92 Å². The lowest BCUT2D eigenvalue weighted by molar-refractivity contribution is -0.111. The summed E-state index contributed by atoms with van der Waals surface area (Å²) in [6.45, 7) is 1.46. The van der Waals surface area contributed by atoms with E-state index in [9.17, 15) is 9.59 Å². The molecule has 1 aliphatic rings. The van der Waals surface area contributed by atoms with Crippen LogP contribution in [0.25, 0.3) is 33.3 Å². The zero-order valence-corrected chi connectivity index (χ0v) is 19.9. The first-order valence-corrected chi connectivity index (χ1v) is 11.7. The normalized spacial score (nSPS) is 13.7. The lowest BCUT2D eigenvalue weighted by atomic mass is 10.0. The van der Waals surface area contributed by atoms with Crippen LogP contribution in [0.2, 0.25) is 0 Å². The first-order chi connectivity index (χ1) is 17.0. The van der Waals surface area contributed by atoms with E-state index >= 15 is 0 Å². The average Bonchev–Trinajstić information content (AvgIpc) is 3.56. The number of fused-ring (bicyclic) bond motifs is 1. The Morgan fingerprint density at radius 1 is 1.17 bits per heavy atom. The Hall–Kier alpha value is -4.04. The van der Waals surface area contributed by atoms with Crippen molar-refractivity contribution in [2.45, 2.75) is 19.4 Å². The van der Waals surface area contributed by atoms with Gasteiger partial charge in [-0.15, -0.1) is 0 Å². The van der Waals surface area contributed by atoms with Crippen molar-refractivity contribution in [1.82, 2.24) is 24.4 Å². The molecule has 4 aromatic rings. The fraction of sp³-hybridized carbons (Fsp3) is 0.259. The highest BCUT2D eigenvalue weighted by molar-refractivity contribution is 5.99. The van der Waals surface area contributed by atoms with Gasteiger partial charge in [-0.1, -0.05) is 6.08 Å². The molecule has 0 atom stereocenters. The van der Waals surface area contributed by atoms with Gasteiger partial charge in [0, 0.05) is 72.1 Å². The Morgan fingerprint density at radius 2 is 2.03 bits per heavy atom. The zero-order chi connectivity index (χ0) is 24.4. The summed E-state index contributed by atoms with van der Waals surface area (Å²) in [6.07, 6.45) is 13.0. The van der Waals surface area contributed by atoms with Gasteiger partial charge in [-0.25, -0.2) is 9.97 Å². The van der Waals surface area contributed by atoms with Crippen molar-refractivity contribution in [3.05, 3.63) is 77.6 Å². The molecule has 35 heavy (non-hydrogen) atoms. The van der Waals surface area contributed by atoms with Gasteiger partial charge in [0.15, 0.2) is 0 Å². The van der Waals surface area contributed by atoms with Gasteiger partial charge in [0.2, 0.25) is 5.91 Å². The number of hydrogen-bond donors (Lipinski definition) is 2. The number of amides is 1. The second-order valence-electron chi connectivity index (χ2n) is 9.26. The van der Waals surface area contributed by atoms with Crippen LogP contribution in [-0.4, -0.2) is 51.0 Å². The monoisotopic (exact) mass is 468 g/mol. The van der Waals surface area contributed by atoms with E-state index in [1.165, 1.54) is 18.9 Å². The van der Waals surface area contributed by atoms with Gasteiger partial charge in [0.25, 0.3) is 5.56 Å². The minimum absolute atomic E-state index is 0.0298. The molecule has 1 amide bonds. The Morgan fingerprint density at radius 3 is 2.83 bits per heavy atom. The van der Waals surface area contributed by atoms with Crippen LogP contribution in [0.1, 0.15) is 12.8 Å². The average molecular weight is 469 g/mol. The van der Waals surface area contributed by atoms with Crippen molar-refractivity contribution in [3.8, 4) is 22.3 Å². The largest absolute Gasteiger partial charge is 0.346 e. The van der Waals surface area contributed by atoms with E-state index in [0.717, 1.165) is 39.8 Å². The molecule has 1 aliphatic carbocycles. The van der Waals surface area contributed by atoms with E-state index in [-0.39, 0.29) is 11.5 Å². The van der Waals surface area contributed by atoms with Crippen molar-refractivity contribution in [3.63, 3.8) is 0 Å². The molecule has 8 nitrogen and oxygen atoms in total. The van der Waals surface area contributed by atoms with Crippen molar-refractivity contribution < 1.29 is 4.79 Å². The summed E-state index contributed by atoms with van der Waals surface area (Å²) < 4.78 is 1.81. The summed E-state index contributed by atoms with van der Waals surface area (Å²) in [5.41, 5.74) is 4.58. The number of pyridine rings is 3. The maximum atomic E-state index is 12.3.